The number of benzene rings is 2. The summed E-state index contributed by atoms with van der Waals surface area (Å²) < 4.78 is 5.39. The number of ether oxygens (including phenoxy) is 1. The Hall–Kier alpha value is -1.91. The molecule has 0 atom stereocenters. The molecule has 0 aliphatic carbocycles. The summed E-state index contributed by atoms with van der Waals surface area (Å²) in [5.74, 6) is 0.275. The molecule has 6 heteroatoms. The summed E-state index contributed by atoms with van der Waals surface area (Å²) in [6.45, 7) is -0.125. The Kier molecular flexibility index (Phi) is 5.31. The second-order valence-electron chi connectivity index (χ2n) is 4.21. The Morgan fingerprint density at radius 2 is 1.71 bits per heavy atom. The van der Waals surface area contributed by atoms with Crippen molar-refractivity contribution in [3.8, 4) is 5.75 Å². The van der Waals surface area contributed by atoms with Crippen LogP contribution in [0.3, 0.4) is 0 Å². The number of rotatable bonds is 5. The Labute approximate surface area is 133 Å². The minimum absolute atomic E-state index is 0.125. The molecule has 2 aromatic rings. The highest BCUT2D eigenvalue weighted by atomic mass is 35.5. The molecule has 4 nitrogen and oxygen atoms in total. The van der Waals surface area contributed by atoms with Gasteiger partial charge in [0.25, 0.3) is 5.91 Å². The molecule has 0 aliphatic heterocycles. The smallest absolute Gasteiger partial charge is 0.262 e. The lowest BCUT2D eigenvalue weighted by atomic mass is 10.3. The van der Waals surface area contributed by atoms with Crippen molar-refractivity contribution in [3.05, 3.63) is 52.5 Å². The highest BCUT2D eigenvalue weighted by molar-refractivity contribution is 6.39. The van der Waals surface area contributed by atoms with E-state index < -0.39 is 0 Å². The Morgan fingerprint density at radius 3 is 2.29 bits per heavy atom. The molecule has 0 fully saturated rings. The number of nitrogens with one attached hydrogen (secondary N) is 2. The van der Waals surface area contributed by atoms with Crippen molar-refractivity contribution in [1.29, 1.82) is 0 Å². The first-order valence-electron chi connectivity index (χ1n) is 6.24. The first-order chi connectivity index (χ1) is 10.1. The third kappa shape index (κ3) is 4.28. The van der Waals surface area contributed by atoms with Crippen LogP contribution in [-0.4, -0.2) is 19.6 Å². The maximum Gasteiger partial charge on any atom is 0.262 e. The van der Waals surface area contributed by atoms with Gasteiger partial charge in [0.05, 0.1) is 15.7 Å². The van der Waals surface area contributed by atoms with Gasteiger partial charge >= 0.3 is 0 Å². The molecule has 0 heterocycles. The lowest BCUT2D eigenvalue weighted by molar-refractivity contribution is -0.118. The third-order valence-corrected chi connectivity index (χ3v) is 3.37. The van der Waals surface area contributed by atoms with E-state index in [0.29, 0.717) is 21.5 Å². The molecule has 2 N–H and O–H groups in total. The molecule has 2 aromatic carbocycles. The summed E-state index contributed by atoms with van der Waals surface area (Å²) in [6.07, 6.45) is 0. The standard InChI is InChI=1S/C15H14Cl2N2O2/c1-18-10-5-7-11(8-6-10)21-9-14(20)19-15-12(16)3-2-4-13(15)17/h2-8,18H,9H2,1H3,(H,19,20). The monoisotopic (exact) mass is 324 g/mol. The first-order valence-corrected chi connectivity index (χ1v) is 7.00. The van der Waals surface area contributed by atoms with Gasteiger partial charge in [-0.25, -0.2) is 0 Å². The van der Waals surface area contributed by atoms with Gasteiger partial charge in [0.15, 0.2) is 6.61 Å². The predicted octanol–water partition coefficient (Wildman–Crippen LogP) is 4.05. The molecule has 0 aliphatic rings. The van der Waals surface area contributed by atoms with Crippen molar-refractivity contribution < 1.29 is 9.53 Å². The quantitative estimate of drug-likeness (QED) is 0.872. The van der Waals surface area contributed by atoms with Crippen LogP contribution < -0.4 is 15.4 Å². The number of amides is 1. The predicted molar refractivity (Wildman–Crippen MR) is 86.6 cm³/mol. The minimum atomic E-state index is -0.331. The van der Waals surface area contributed by atoms with Gasteiger partial charge in [0, 0.05) is 12.7 Å². The van der Waals surface area contributed by atoms with E-state index in [4.69, 9.17) is 27.9 Å². The number of anilines is 2. The van der Waals surface area contributed by atoms with E-state index in [9.17, 15) is 4.79 Å². The van der Waals surface area contributed by atoms with E-state index in [1.165, 1.54) is 0 Å². The molecule has 110 valence electrons. The second kappa shape index (κ2) is 7.20. The zero-order valence-corrected chi connectivity index (χ0v) is 12.8. The fraction of sp³-hybridized carbons (Fsp3) is 0.133. The lowest BCUT2D eigenvalue weighted by Crippen LogP contribution is -2.20. The number of para-hydroxylation sites is 1. The fourth-order valence-corrected chi connectivity index (χ4v) is 2.15. The summed E-state index contributed by atoms with van der Waals surface area (Å²) in [6, 6.07) is 12.3. The maximum atomic E-state index is 11.8. The van der Waals surface area contributed by atoms with E-state index in [-0.39, 0.29) is 12.5 Å². The summed E-state index contributed by atoms with van der Waals surface area (Å²) >= 11 is 12.0. The van der Waals surface area contributed by atoms with Crippen molar-refractivity contribution in [3.63, 3.8) is 0 Å². The van der Waals surface area contributed by atoms with Crippen molar-refractivity contribution >= 4 is 40.5 Å². The van der Waals surface area contributed by atoms with Crippen LogP contribution in [0.4, 0.5) is 11.4 Å². The number of carbonyl (C=O) groups is 1. The van der Waals surface area contributed by atoms with Crippen molar-refractivity contribution in [2.75, 3.05) is 24.3 Å². The number of carbonyl (C=O) groups excluding carboxylic acids is 1. The lowest BCUT2D eigenvalue weighted by Gasteiger charge is -2.10. The normalized spacial score (nSPS) is 10.0. The molecule has 0 bridgehead atoms. The number of halogens is 2. The zero-order chi connectivity index (χ0) is 15.2. The SMILES string of the molecule is CNc1ccc(OCC(=O)Nc2c(Cl)cccc2Cl)cc1. The molecule has 0 saturated heterocycles. The molecular weight excluding hydrogens is 311 g/mol. The van der Waals surface area contributed by atoms with Gasteiger partial charge in [-0.2, -0.15) is 0 Å². The summed E-state index contributed by atoms with van der Waals surface area (Å²) in [4.78, 5) is 11.8. The van der Waals surface area contributed by atoms with Crippen LogP contribution >= 0.6 is 23.2 Å². The highest BCUT2D eigenvalue weighted by Crippen LogP contribution is 2.29. The third-order valence-electron chi connectivity index (χ3n) is 2.74. The molecule has 0 saturated carbocycles. The summed E-state index contributed by atoms with van der Waals surface area (Å²) in [7, 11) is 1.83. The topological polar surface area (TPSA) is 50.4 Å². The fourth-order valence-electron chi connectivity index (χ4n) is 1.66. The molecule has 1 amide bonds. The van der Waals surface area contributed by atoms with Crippen LogP contribution in [0.25, 0.3) is 0 Å². The van der Waals surface area contributed by atoms with Gasteiger partial charge in [0.2, 0.25) is 0 Å². The van der Waals surface area contributed by atoms with E-state index in [1.807, 2.05) is 19.2 Å². The number of hydrogen-bond acceptors (Lipinski definition) is 3. The van der Waals surface area contributed by atoms with Gasteiger partial charge < -0.3 is 15.4 Å². The average Bonchev–Trinajstić information content (AvgIpc) is 2.49. The minimum Gasteiger partial charge on any atom is -0.484 e. The van der Waals surface area contributed by atoms with Crippen LogP contribution in [0.15, 0.2) is 42.5 Å². The van der Waals surface area contributed by atoms with Crippen LogP contribution in [0, 0.1) is 0 Å². The van der Waals surface area contributed by atoms with Crippen LogP contribution in [0.2, 0.25) is 10.0 Å². The van der Waals surface area contributed by atoms with E-state index in [1.54, 1.807) is 30.3 Å². The molecule has 0 radical (unpaired) electrons. The summed E-state index contributed by atoms with van der Waals surface area (Å²) in [5.41, 5.74) is 1.36. The van der Waals surface area contributed by atoms with E-state index >= 15 is 0 Å². The Balaban J connectivity index is 1.92. The van der Waals surface area contributed by atoms with Gasteiger partial charge in [-0.3, -0.25) is 4.79 Å². The highest BCUT2D eigenvalue weighted by Gasteiger charge is 2.10. The number of hydrogen-bond donors (Lipinski definition) is 2. The van der Waals surface area contributed by atoms with E-state index in [2.05, 4.69) is 10.6 Å². The molecule has 0 spiro atoms. The molecule has 21 heavy (non-hydrogen) atoms. The van der Waals surface area contributed by atoms with Crippen molar-refractivity contribution in [2.45, 2.75) is 0 Å². The van der Waals surface area contributed by atoms with Gasteiger partial charge in [-0.05, 0) is 36.4 Å². The Morgan fingerprint density at radius 1 is 1.10 bits per heavy atom. The van der Waals surface area contributed by atoms with E-state index in [0.717, 1.165) is 5.69 Å². The zero-order valence-electron chi connectivity index (χ0n) is 11.3. The van der Waals surface area contributed by atoms with Gasteiger partial charge in [-0.1, -0.05) is 29.3 Å². The van der Waals surface area contributed by atoms with Crippen molar-refractivity contribution in [1.82, 2.24) is 0 Å². The van der Waals surface area contributed by atoms with Crippen molar-refractivity contribution in [2.24, 2.45) is 0 Å². The first kappa shape index (κ1) is 15.5. The molecular formula is C15H14Cl2N2O2. The summed E-state index contributed by atoms with van der Waals surface area (Å²) in [5, 5.41) is 6.40. The Bertz CT molecular complexity index is 610. The maximum absolute atomic E-state index is 11.8. The molecule has 2 rings (SSSR count). The largest absolute Gasteiger partial charge is 0.484 e. The van der Waals surface area contributed by atoms with Gasteiger partial charge in [0.1, 0.15) is 5.75 Å². The van der Waals surface area contributed by atoms with Crippen LogP contribution in [0.5, 0.6) is 5.75 Å². The van der Waals surface area contributed by atoms with Gasteiger partial charge in [-0.15, -0.1) is 0 Å². The second-order valence-corrected chi connectivity index (χ2v) is 5.02. The van der Waals surface area contributed by atoms with Crippen LogP contribution in [0.1, 0.15) is 0 Å². The molecule has 0 aromatic heterocycles. The molecule has 0 unspecified atom stereocenters. The van der Waals surface area contributed by atoms with Crippen LogP contribution in [-0.2, 0) is 4.79 Å². The average molecular weight is 325 g/mol.